The number of benzene rings is 1. The van der Waals surface area contributed by atoms with Crippen molar-refractivity contribution in [3.05, 3.63) is 34.6 Å². The Bertz CT molecular complexity index is 425. The molecular formula is C13H17ClFNO2. The van der Waals surface area contributed by atoms with Crippen molar-refractivity contribution in [3.8, 4) is 0 Å². The molecule has 0 amide bonds. The molecular weight excluding hydrogens is 257 g/mol. The number of hydrogen-bond acceptors (Lipinski definition) is 2. The fourth-order valence-electron chi connectivity index (χ4n) is 1.68. The predicted molar refractivity (Wildman–Crippen MR) is 69.2 cm³/mol. The molecule has 0 heterocycles. The van der Waals surface area contributed by atoms with Crippen LogP contribution in [0.4, 0.5) is 4.39 Å². The van der Waals surface area contributed by atoms with Crippen LogP contribution in [0.5, 0.6) is 0 Å². The van der Waals surface area contributed by atoms with Crippen LogP contribution in [0.1, 0.15) is 25.8 Å². The van der Waals surface area contributed by atoms with Crippen LogP contribution in [0.25, 0.3) is 0 Å². The highest BCUT2D eigenvalue weighted by Gasteiger charge is 2.17. The largest absolute Gasteiger partial charge is 0.480 e. The van der Waals surface area contributed by atoms with Crippen LogP contribution in [0.3, 0.4) is 0 Å². The highest BCUT2D eigenvalue weighted by molar-refractivity contribution is 6.31. The molecule has 5 heteroatoms. The van der Waals surface area contributed by atoms with Gasteiger partial charge in [0.25, 0.3) is 0 Å². The molecule has 100 valence electrons. The van der Waals surface area contributed by atoms with E-state index in [-0.39, 0.29) is 18.4 Å². The Morgan fingerprint density at radius 2 is 2.22 bits per heavy atom. The molecule has 1 aromatic carbocycles. The van der Waals surface area contributed by atoms with Gasteiger partial charge in [0.05, 0.1) is 6.54 Å². The summed E-state index contributed by atoms with van der Waals surface area (Å²) in [7, 11) is 0. The van der Waals surface area contributed by atoms with E-state index in [1.807, 2.05) is 13.8 Å². The lowest BCUT2D eigenvalue weighted by molar-refractivity contribution is -0.139. The van der Waals surface area contributed by atoms with Crippen LogP contribution in [0.2, 0.25) is 5.02 Å². The molecule has 0 saturated heterocycles. The summed E-state index contributed by atoms with van der Waals surface area (Å²) in [6.45, 7) is 4.17. The van der Waals surface area contributed by atoms with E-state index in [0.717, 1.165) is 6.42 Å². The minimum absolute atomic E-state index is 0.0815. The molecule has 0 saturated carbocycles. The van der Waals surface area contributed by atoms with Gasteiger partial charge in [-0.3, -0.25) is 9.69 Å². The van der Waals surface area contributed by atoms with Crippen molar-refractivity contribution in [2.45, 2.75) is 32.9 Å². The van der Waals surface area contributed by atoms with Crippen LogP contribution in [-0.4, -0.2) is 28.6 Å². The van der Waals surface area contributed by atoms with Gasteiger partial charge in [0.1, 0.15) is 5.82 Å². The van der Waals surface area contributed by atoms with Crippen LogP contribution in [0, 0.1) is 5.82 Å². The third kappa shape index (κ3) is 4.27. The van der Waals surface area contributed by atoms with Gasteiger partial charge in [-0.05, 0) is 37.1 Å². The average Bonchev–Trinajstić information content (AvgIpc) is 2.31. The molecule has 0 fully saturated rings. The van der Waals surface area contributed by atoms with Crippen molar-refractivity contribution >= 4 is 17.6 Å². The van der Waals surface area contributed by atoms with Gasteiger partial charge in [0.15, 0.2) is 0 Å². The second-order valence-electron chi connectivity index (χ2n) is 4.29. The van der Waals surface area contributed by atoms with E-state index < -0.39 is 5.97 Å². The van der Waals surface area contributed by atoms with Crippen molar-refractivity contribution in [2.24, 2.45) is 0 Å². The number of hydrogen-bond donors (Lipinski definition) is 1. The van der Waals surface area contributed by atoms with E-state index in [9.17, 15) is 9.18 Å². The second kappa shape index (κ2) is 6.71. The summed E-state index contributed by atoms with van der Waals surface area (Å²) in [5.41, 5.74) is 0.609. The fourth-order valence-corrected chi connectivity index (χ4v) is 1.86. The van der Waals surface area contributed by atoms with Crippen molar-refractivity contribution < 1.29 is 14.3 Å². The molecule has 1 aromatic rings. The molecule has 18 heavy (non-hydrogen) atoms. The summed E-state index contributed by atoms with van der Waals surface area (Å²) >= 11 is 5.98. The summed E-state index contributed by atoms with van der Waals surface area (Å²) < 4.78 is 13.1. The molecule has 1 rings (SSSR count). The van der Waals surface area contributed by atoms with Crippen molar-refractivity contribution in [1.82, 2.24) is 4.90 Å². The van der Waals surface area contributed by atoms with E-state index in [1.54, 1.807) is 4.90 Å². The first kappa shape index (κ1) is 14.9. The Labute approximate surface area is 111 Å². The van der Waals surface area contributed by atoms with Crippen LogP contribution < -0.4 is 0 Å². The second-order valence-corrected chi connectivity index (χ2v) is 4.70. The van der Waals surface area contributed by atoms with Gasteiger partial charge in [0.2, 0.25) is 0 Å². The summed E-state index contributed by atoms with van der Waals surface area (Å²) in [5.74, 6) is -1.27. The summed E-state index contributed by atoms with van der Waals surface area (Å²) in [4.78, 5) is 12.6. The Morgan fingerprint density at radius 3 is 2.78 bits per heavy atom. The van der Waals surface area contributed by atoms with E-state index in [4.69, 9.17) is 16.7 Å². The molecule has 0 bridgehead atoms. The van der Waals surface area contributed by atoms with Crippen LogP contribution in [0.15, 0.2) is 18.2 Å². The molecule has 0 radical (unpaired) electrons. The molecule has 0 aliphatic carbocycles. The van der Waals surface area contributed by atoms with Gasteiger partial charge in [-0.15, -0.1) is 0 Å². The Hall–Kier alpha value is -1.13. The normalized spacial score (nSPS) is 12.7. The smallest absolute Gasteiger partial charge is 0.317 e. The van der Waals surface area contributed by atoms with E-state index in [0.29, 0.717) is 17.1 Å². The van der Waals surface area contributed by atoms with Gasteiger partial charge in [-0.2, -0.15) is 0 Å². The third-order valence-electron chi connectivity index (χ3n) is 2.93. The molecule has 1 unspecified atom stereocenters. The number of carbonyl (C=O) groups is 1. The number of halogens is 2. The maximum atomic E-state index is 13.1. The first-order valence-corrected chi connectivity index (χ1v) is 6.21. The molecule has 0 aliphatic rings. The lowest BCUT2D eigenvalue weighted by Gasteiger charge is -2.27. The Balaban J connectivity index is 2.88. The first-order chi connectivity index (χ1) is 8.43. The first-order valence-electron chi connectivity index (χ1n) is 5.83. The monoisotopic (exact) mass is 273 g/mol. The Kier molecular flexibility index (Phi) is 5.56. The minimum Gasteiger partial charge on any atom is -0.480 e. The van der Waals surface area contributed by atoms with Crippen molar-refractivity contribution in [2.75, 3.05) is 6.54 Å². The SMILES string of the molecule is CCC(C)N(CC(=O)O)Cc1cc(F)ccc1Cl. The van der Waals surface area contributed by atoms with Gasteiger partial charge in [-0.25, -0.2) is 4.39 Å². The minimum atomic E-state index is -0.900. The lowest BCUT2D eigenvalue weighted by Crippen LogP contribution is -2.36. The van der Waals surface area contributed by atoms with Gasteiger partial charge < -0.3 is 5.11 Å². The summed E-state index contributed by atoms with van der Waals surface area (Å²) in [6.07, 6.45) is 0.820. The lowest BCUT2D eigenvalue weighted by atomic mass is 10.1. The highest BCUT2D eigenvalue weighted by atomic mass is 35.5. The molecule has 3 nitrogen and oxygen atoms in total. The van der Waals surface area contributed by atoms with Gasteiger partial charge >= 0.3 is 5.97 Å². The van der Waals surface area contributed by atoms with E-state index >= 15 is 0 Å². The maximum Gasteiger partial charge on any atom is 0.317 e. The third-order valence-corrected chi connectivity index (χ3v) is 3.30. The van der Waals surface area contributed by atoms with Gasteiger partial charge in [0, 0.05) is 17.6 Å². The zero-order valence-corrected chi connectivity index (χ0v) is 11.2. The molecule has 0 aliphatic heterocycles. The van der Waals surface area contributed by atoms with E-state index in [2.05, 4.69) is 0 Å². The standard InChI is InChI=1S/C13H17ClFNO2/c1-3-9(2)16(8-13(17)18)7-10-6-11(15)4-5-12(10)14/h4-6,9H,3,7-8H2,1-2H3,(H,17,18). The Morgan fingerprint density at radius 1 is 1.56 bits per heavy atom. The molecule has 0 spiro atoms. The topological polar surface area (TPSA) is 40.5 Å². The fraction of sp³-hybridized carbons (Fsp3) is 0.462. The molecule has 0 aromatic heterocycles. The number of carboxylic acid groups (broad SMARTS) is 1. The van der Waals surface area contributed by atoms with Crippen molar-refractivity contribution in [3.63, 3.8) is 0 Å². The number of rotatable bonds is 6. The van der Waals surface area contributed by atoms with Crippen LogP contribution >= 0.6 is 11.6 Å². The van der Waals surface area contributed by atoms with E-state index in [1.165, 1.54) is 18.2 Å². The number of nitrogens with zero attached hydrogens (tertiary/aromatic N) is 1. The average molecular weight is 274 g/mol. The number of aliphatic carboxylic acids is 1. The van der Waals surface area contributed by atoms with Gasteiger partial charge in [-0.1, -0.05) is 18.5 Å². The quantitative estimate of drug-likeness (QED) is 0.865. The summed E-state index contributed by atoms with van der Waals surface area (Å²) in [5, 5.41) is 9.34. The highest BCUT2D eigenvalue weighted by Crippen LogP contribution is 2.20. The zero-order chi connectivity index (χ0) is 13.7. The van der Waals surface area contributed by atoms with Crippen LogP contribution in [-0.2, 0) is 11.3 Å². The molecule has 1 N–H and O–H groups in total. The predicted octanol–water partition coefficient (Wildman–Crippen LogP) is 3.16. The zero-order valence-electron chi connectivity index (χ0n) is 10.5. The molecule has 1 atom stereocenters. The maximum absolute atomic E-state index is 13.1. The summed E-state index contributed by atoms with van der Waals surface area (Å²) in [6, 6.07) is 4.22. The number of carboxylic acids is 1. The van der Waals surface area contributed by atoms with Crippen molar-refractivity contribution in [1.29, 1.82) is 0 Å².